The van der Waals surface area contributed by atoms with Crippen molar-refractivity contribution >= 4 is 5.97 Å². The Bertz CT molecular complexity index is 456. The van der Waals surface area contributed by atoms with E-state index >= 15 is 0 Å². The number of nitrogens with zero attached hydrogens (tertiary/aromatic N) is 1. The van der Waals surface area contributed by atoms with Crippen LogP contribution in [0.3, 0.4) is 0 Å². The highest BCUT2D eigenvalue weighted by atomic mass is 16.4. The predicted molar refractivity (Wildman–Crippen MR) is 71.7 cm³/mol. The van der Waals surface area contributed by atoms with Crippen LogP contribution in [0.2, 0.25) is 0 Å². The number of hydrogen-bond acceptors (Lipinski definition) is 2. The van der Waals surface area contributed by atoms with E-state index in [2.05, 4.69) is 12.1 Å². The van der Waals surface area contributed by atoms with Gasteiger partial charge in [0.15, 0.2) is 0 Å². The van der Waals surface area contributed by atoms with Crippen molar-refractivity contribution < 1.29 is 9.90 Å². The van der Waals surface area contributed by atoms with E-state index in [1.54, 1.807) is 0 Å². The Balaban J connectivity index is 2.39. The number of fused-ring (bicyclic) bond motifs is 1. The molecule has 18 heavy (non-hydrogen) atoms. The third-order valence-corrected chi connectivity index (χ3v) is 4.26. The lowest BCUT2D eigenvalue weighted by molar-refractivity contribution is -0.153. The molecule has 0 saturated carbocycles. The van der Waals surface area contributed by atoms with Crippen LogP contribution < -0.4 is 0 Å². The molecule has 2 rings (SSSR count). The summed E-state index contributed by atoms with van der Waals surface area (Å²) < 4.78 is 0. The zero-order valence-corrected chi connectivity index (χ0v) is 11.3. The molecule has 0 heterocycles. The van der Waals surface area contributed by atoms with Crippen LogP contribution in [0.25, 0.3) is 0 Å². The first-order valence-electron chi connectivity index (χ1n) is 6.50. The van der Waals surface area contributed by atoms with Crippen LogP contribution in [0, 0.1) is 0 Å². The molecule has 3 nitrogen and oxygen atoms in total. The van der Waals surface area contributed by atoms with Gasteiger partial charge in [0.2, 0.25) is 0 Å². The average molecular weight is 247 g/mol. The summed E-state index contributed by atoms with van der Waals surface area (Å²) in [6.45, 7) is 4.09. The summed E-state index contributed by atoms with van der Waals surface area (Å²) in [5.41, 5.74) is 1.73. The summed E-state index contributed by atoms with van der Waals surface area (Å²) in [7, 11) is 1.92. The first-order valence-corrected chi connectivity index (χ1v) is 6.50. The maximum Gasteiger partial charge on any atom is 0.324 e. The standard InChI is InChI=1S/C15H21NO2/c1-11(2)16(3)15(14(17)18)9-8-12-6-4-5-7-13(12)10-15/h4-7,11H,8-10H2,1-3H3,(H,17,18). The number of hydrogen-bond donors (Lipinski definition) is 1. The van der Waals surface area contributed by atoms with Gasteiger partial charge in [-0.05, 0) is 44.9 Å². The number of carboxylic acids is 1. The molecule has 0 fully saturated rings. The summed E-state index contributed by atoms with van der Waals surface area (Å²) in [6.07, 6.45) is 2.14. The van der Waals surface area contributed by atoms with E-state index in [1.807, 2.05) is 37.9 Å². The Morgan fingerprint density at radius 2 is 1.94 bits per heavy atom. The molecule has 0 aromatic heterocycles. The van der Waals surface area contributed by atoms with Gasteiger partial charge < -0.3 is 5.11 Å². The molecule has 1 aromatic carbocycles. The molecule has 1 aliphatic carbocycles. The summed E-state index contributed by atoms with van der Waals surface area (Å²) >= 11 is 0. The second-order valence-electron chi connectivity index (χ2n) is 5.49. The van der Waals surface area contributed by atoms with Crippen molar-refractivity contribution in [2.24, 2.45) is 0 Å². The molecule has 0 radical (unpaired) electrons. The van der Waals surface area contributed by atoms with E-state index in [0.29, 0.717) is 12.8 Å². The number of aryl methyl sites for hydroxylation is 1. The van der Waals surface area contributed by atoms with Crippen molar-refractivity contribution in [3.05, 3.63) is 35.4 Å². The number of likely N-dealkylation sites (N-methyl/N-ethyl adjacent to an activating group) is 1. The average Bonchev–Trinajstić information content (AvgIpc) is 2.36. The predicted octanol–water partition coefficient (Wildman–Crippen LogP) is 2.34. The monoisotopic (exact) mass is 247 g/mol. The van der Waals surface area contributed by atoms with Crippen molar-refractivity contribution in [3.63, 3.8) is 0 Å². The molecule has 0 aliphatic heterocycles. The van der Waals surface area contributed by atoms with E-state index < -0.39 is 11.5 Å². The minimum atomic E-state index is -0.748. The quantitative estimate of drug-likeness (QED) is 0.891. The number of aliphatic carboxylic acids is 1. The number of carbonyl (C=O) groups is 1. The lowest BCUT2D eigenvalue weighted by Crippen LogP contribution is -2.58. The summed E-state index contributed by atoms with van der Waals surface area (Å²) in [6, 6.07) is 8.41. The lowest BCUT2D eigenvalue weighted by Gasteiger charge is -2.43. The molecule has 0 saturated heterocycles. The number of rotatable bonds is 3. The highest BCUT2D eigenvalue weighted by Crippen LogP contribution is 2.34. The second kappa shape index (κ2) is 4.73. The molecule has 1 N–H and O–H groups in total. The van der Waals surface area contributed by atoms with Gasteiger partial charge in [-0.2, -0.15) is 0 Å². The van der Waals surface area contributed by atoms with E-state index in [9.17, 15) is 9.90 Å². The number of benzene rings is 1. The molecular weight excluding hydrogens is 226 g/mol. The molecule has 1 aliphatic rings. The lowest BCUT2D eigenvalue weighted by atomic mass is 9.76. The van der Waals surface area contributed by atoms with Crippen LogP contribution in [-0.2, 0) is 17.6 Å². The Kier molecular flexibility index (Phi) is 3.44. The van der Waals surface area contributed by atoms with Gasteiger partial charge >= 0.3 is 5.97 Å². The topological polar surface area (TPSA) is 40.5 Å². The van der Waals surface area contributed by atoms with Gasteiger partial charge in [0.05, 0.1) is 0 Å². The van der Waals surface area contributed by atoms with Crippen LogP contribution >= 0.6 is 0 Å². The van der Waals surface area contributed by atoms with Gasteiger partial charge in [-0.25, -0.2) is 0 Å². The third kappa shape index (κ3) is 2.03. The highest BCUT2D eigenvalue weighted by molar-refractivity contribution is 5.80. The highest BCUT2D eigenvalue weighted by Gasteiger charge is 2.45. The van der Waals surface area contributed by atoms with Gasteiger partial charge in [-0.3, -0.25) is 9.69 Å². The molecule has 0 amide bonds. The summed E-state index contributed by atoms with van der Waals surface area (Å²) in [4.78, 5) is 13.8. The first-order chi connectivity index (χ1) is 8.47. The van der Waals surface area contributed by atoms with Gasteiger partial charge in [0.1, 0.15) is 5.54 Å². The Labute approximate surface area is 108 Å². The van der Waals surface area contributed by atoms with E-state index in [-0.39, 0.29) is 6.04 Å². The van der Waals surface area contributed by atoms with Crippen molar-refractivity contribution in [1.29, 1.82) is 0 Å². The molecule has 1 aromatic rings. The fraction of sp³-hybridized carbons (Fsp3) is 0.533. The van der Waals surface area contributed by atoms with Gasteiger partial charge in [0.25, 0.3) is 0 Å². The van der Waals surface area contributed by atoms with Crippen molar-refractivity contribution in [2.45, 2.75) is 44.7 Å². The molecule has 1 atom stereocenters. The second-order valence-corrected chi connectivity index (χ2v) is 5.49. The maximum absolute atomic E-state index is 11.8. The summed E-state index contributed by atoms with van der Waals surface area (Å²) in [5, 5.41) is 9.69. The van der Waals surface area contributed by atoms with Crippen LogP contribution in [-0.4, -0.2) is 34.6 Å². The largest absolute Gasteiger partial charge is 0.480 e. The van der Waals surface area contributed by atoms with Crippen molar-refractivity contribution in [3.8, 4) is 0 Å². The van der Waals surface area contributed by atoms with Crippen LogP contribution in [0.1, 0.15) is 31.4 Å². The summed E-state index contributed by atoms with van der Waals surface area (Å²) in [5.74, 6) is -0.701. The third-order valence-electron chi connectivity index (χ3n) is 4.26. The van der Waals surface area contributed by atoms with E-state index in [4.69, 9.17) is 0 Å². The minimum absolute atomic E-state index is 0.228. The van der Waals surface area contributed by atoms with Gasteiger partial charge in [-0.1, -0.05) is 24.3 Å². The van der Waals surface area contributed by atoms with Crippen molar-refractivity contribution in [1.82, 2.24) is 4.90 Å². The normalized spacial score (nSPS) is 23.2. The van der Waals surface area contributed by atoms with Crippen LogP contribution in [0.4, 0.5) is 0 Å². The molecular formula is C15H21NO2. The van der Waals surface area contributed by atoms with Gasteiger partial charge in [0, 0.05) is 12.5 Å². The fourth-order valence-corrected chi connectivity index (χ4v) is 2.85. The maximum atomic E-state index is 11.8. The molecule has 1 unspecified atom stereocenters. The van der Waals surface area contributed by atoms with E-state index in [0.717, 1.165) is 6.42 Å². The fourth-order valence-electron chi connectivity index (χ4n) is 2.85. The smallest absolute Gasteiger partial charge is 0.324 e. The SMILES string of the molecule is CC(C)N(C)C1(C(=O)O)CCc2ccccc2C1. The van der Waals surface area contributed by atoms with Crippen LogP contribution in [0.15, 0.2) is 24.3 Å². The molecule has 3 heteroatoms. The first kappa shape index (κ1) is 13.1. The Morgan fingerprint density at radius 3 is 2.50 bits per heavy atom. The zero-order chi connectivity index (χ0) is 13.3. The Morgan fingerprint density at radius 1 is 1.33 bits per heavy atom. The van der Waals surface area contributed by atoms with Crippen LogP contribution in [0.5, 0.6) is 0 Å². The minimum Gasteiger partial charge on any atom is -0.480 e. The Hall–Kier alpha value is -1.35. The molecule has 0 spiro atoms. The van der Waals surface area contributed by atoms with Crippen molar-refractivity contribution in [2.75, 3.05) is 7.05 Å². The molecule has 0 bridgehead atoms. The number of carboxylic acid groups (broad SMARTS) is 1. The zero-order valence-electron chi connectivity index (χ0n) is 11.3. The van der Waals surface area contributed by atoms with E-state index in [1.165, 1.54) is 11.1 Å². The molecule has 98 valence electrons. The van der Waals surface area contributed by atoms with Gasteiger partial charge in [-0.15, -0.1) is 0 Å².